The minimum absolute atomic E-state index is 0.244. The van der Waals surface area contributed by atoms with Gasteiger partial charge in [0.25, 0.3) is 11.8 Å². The van der Waals surface area contributed by atoms with Crippen molar-refractivity contribution in [2.45, 2.75) is 18.8 Å². The van der Waals surface area contributed by atoms with Crippen LogP contribution in [0.1, 0.15) is 34.9 Å². The van der Waals surface area contributed by atoms with Gasteiger partial charge in [-0.1, -0.05) is 11.2 Å². The van der Waals surface area contributed by atoms with Gasteiger partial charge in [0.2, 0.25) is 0 Å². The predicted molar refractivity (Wildman–Crippen MR) is 96.7 cm³/mol. The Bertz CT molecular complexity index is 1100. The zero-order valence-corrected chi connectivity index (χ0v) is 14.8. The molecule has 3 heterocycles. The van der Waals surface area contributed by atoms with Crippen molar-refractivity contribution in [2.24, 2.45) is 0 Å². The van der Waals surface area contributed by atoms with Crippen molar-refractivity contribution < 1.29 is 9.32 Å². The minimum atomic E-state index is -0.244. The van der Waals surface area contributed by atoms with Crippen molar-refractivity contribution in [3.63, 3.8) is 0 Å². The number of hydrogen-bond donors (Lipinski definition) is 1. The Labute approximate surface area is 157 Å². The van der Waals surface area contributed by atoms with E-state index in [0.717, 1.165) is 23.5 Å². The first-order chi connectivity index (χ1) is 13.3. The summed E-state index contributed by atoms with van der Waals surface area (Å²) in [6.07, 6.45) is 3.68. The molecule has 0 saturated heterocycles. The van der Waals surface area contributed by atoms with Gasteiger partial charge < -0.3 is 9.84 Å². The molecule has 5 rings (SSSR count). The lowest BCUT2D eigenvalue weighted by atomic mass is 10.2. The van der Waals surface area contributed by atoms with Gasteiger partial charge in [0, 0.05) is 11.5 Å². The second-order valence-corrected chi connectivity index (χ2v) is 7.07. The summed E-state index contributed by atoms with van der Waals surface area (Å²) in [5, 5.41) is 19.9. The van der Waals surface area contributed by atoms with Crippen molar-refractivity contribution >= 4 is 22.9 Å². The summed E-state index contributed by atoms with van der Waals surface area (Å²) in [5.41, 5.74) is 1.83. The van der Waals surface area contributed by atoms with Gasteiger partial charge in [-0.3, -0.25) is 4.79 Å². The minimum Gasteiger partial charge on any atom is -0.333 e. The summed E-state index contributed by atoms with van der Waals surface area (Å²) in [7, 11) is 0. The highest BCUT2D eigenvalue weighted by Crippen LogP contribution is 2.40. The Balaban J connectivity index is 1.39. The molecule has 1 N–H and O–H groups in total. The Kier molecular flexibility index (Phi) is 3.75. The van der Waals surface area contributed by atoms with Crippen LogP contribution in [0.15, 0.2) is 46.6 Å². The number of amides is 1. The van der Waals surface area contributed by atoms with Crippen molar-refractivity contribution in [2.75, 3.05) is 5.32 Å². The number of aromatic nitrogens is 6. The van der Waals surface area contributed by atoms with Gasteiger partial charge >= 0.3 is 0 Å². The number of anilines is 1. The fourth-order valence-corrected chi connectivity index (χ4v) is 3.44. The summed E-state index contributed by atoms with van der Waals surface area (Å²) in [5.74, 6) is 1.34. The average Bonchev–Trinajstić information content (AvgIpc) is 3.11. The fourth-order valence-electron chi connectivity index (χ4n) is 2.67. The molecule has 0 bridgehead atoms. The Morgan fingerprint density at radius 1 is 1.30 bits per heavy atom. The van der Waals surface area contributed by atoms with Gasteiger partial charge in [-0.05, 0) is 52.9 Å². The molecule has 3 aromatic heterocycles. The SMILES string of the molecule is O=C(Nc1ccsc1-c1nc(C2CC2)no1)c1cccc(-n2cnnn2)c1. The van der Waals surface area contributed by atoms with Crippen LogP contribution in [0.25, 0.3) is 16.5 Å². The maximum Gasteiger partial charge on any atom is 0.270 e. The molecule has 1 aliphatic rings. The van der Waals surface area contributed by atoms with Gasteiger partial charge in [-0.2, -0.15) is 4.98 Å². The molecule has 0 unspecified atom stereocenters. The topological polar surface area (TPSA) is 112 Å². The summed E-state index contributed by atoms with van der Waals surface area (Å²) < 4.78 is 6.87. The largest absolute Gasteiger partial charge is 0.333 e. The molecule has 0 atom stereocenters. The molecule has 1 amide bonds. The molecule has 0 aliphatic heterocycles. The molecule has 0 spiro atoms. The molecular formula is C17H13N7O2S. The lowest BCUT2D eigenvalue weighted by Crippen LogP contribution is -2.12. The number of nitrogens with zero attached hydrogens (tertiary/aromatic N) is 6. The van der Waals surface area contributed by atoms with Gasteiger partial charge in [0.05, 0.1) is 11.4 Å². The number of hydrogen-bond acceptors (Lipinski definition) is 8. The van der Waals surface area contributed by atoms with E-state index < -0.39 is 0 Å². The smallest absolute Gasteiger partial charge is 0.270 e. The van der Waals surface area contributed by atoms with Crippen molar-refractivity contribution in [3.8, 4) is 16.5 Å². The van der Waals surface area contributed by atoms with Crippen LogP contribution >= 0.6 is 11.3 Å². The maximum atomic E-state index is 12.7. The van der Waals surface area contributed by atoms with E-state index in [-0.39, 0.29) is 5.91 Å². The molecule has 27 heavy (non-hydrogen) atoms. The Morgan fingerprint density at radius 3 is 3.04 bits per heavy atom. The lowest BCUT2D eigenvalue weighted by molar-refractivity contribution is 0.102. The Morgan fingerprint density at radius 2 is 2.22 bits per heavy atom. The van der Waals surface area contributed by atoms with Crippen LogP contribution in [-0.2, 0) is 0 Å². The monoisotopic (exact) mass is 379 g/mol. The van der Waals surface area contributed by atoms with Crippen LogP contribution in [-0.4, -0.2) is 36.3 Å². The standard InChI is InChI=1S/C17H13N7O2S/c25-16(11-2-1-3-12(8-11)24-9-18-22-23-24)19-13-6-7-27-14(13)17-20-15(21-26-17)10-4-5-10/h1-3,6-10H,4-5H2,(H,19,25). The Hall–Kier alpha value is -3.40. The molecule has 10 heteroatoms. The summed E-state index contributed by atoms with van der Waals surface area (Å²) in [4.78, 5) is 17.9. The van der Waals surface area contributed by atoms with E-state index in [2.05, 4.69) is 31.0 Å². The second kappa shape index (κ2) is 6.40. The van der Waals surface area contributed by atoms with E-state index in [0.29, 0.717) is 28.7 Å². The van der Waals surface area contributed by atoms with E-state index in [1.54, 1.807) is 18.2 Å². The molecule has 1 aliphatic carbocycles. The molecule has 4 aromatic rings. The quantitative estimate of drug-likeness (QED) is 0.567. The first-order valence-corrected chi connectivity index (χ1v) is 9.22. The van der Waals surface area contributed by atoms with Gasteiger partial charge in [-0.15, -0.1) is 16.4 Å². The van der Waals surface area contributed by atoms with E-state index in [1.165, 1.54) is 22.3 Å². The molecule has 0 radical (unpaired) electrons. The highest BCUT2D eigenvalue weighted by molar-refractivity contribution is 7.14. The summed E-state index contributed by atoms with van der Waals surface area (Å²) in [6.45, 7) is 0. The third-order valence-corrected chi connectivity index (χ3v) is 5.12. The van der Waals surface area contributed by atoms with Crippen LogP contribution < -0.4 is 5.32 Å². The molecule has 1 saturated carbocycles. The van der Waals surface area contributed by atoms with E-state index >= 15 is 0 Å². The predicted octanol–water partition coefficient (Wildman–Crippen LogP) is 2.90. The van der Waals surface area contributed by atoms with Crippen molar-refractivity contribution in [1.82, 2.24) is 30.3 Å². The normalized spacial score (nSPS) is 13.6. The highest BCUT2D eigenvalue weighted by atomic mass is 32.1. The van der Waals surface area contributed by atoms with Crippen LogP contribution in [0.2, 0.25) is 0 Å². The number of nitrogens with one attached hydrogen (secondary N) is 1. The van der Waals surface area contributed by atoms with Crippen LogP contribution in [0.5, 0.6) is 0 Å². The molecule has 9 nitrogen and oxygen atoms in total. The average molecular weight is 379 g/mol. The first-order valence-electron chi connectivity index (χ1n) is 8.34. The second-order valence-electron chi connectivity index (χ2n) is 6.15. The molecule has 134 valence electrons. The number of carbonyl (C=O) groups is 1. The van der Waals surface area contributed by atoms with Gasteiger partial charge in [-0.25, -0.2) is 4.68 Å². The van der Waals surface area contributed by atoms with Crippen LogP contribution in [0, 0.1) is 0 Å². The van der Waals surface area contributed by atoms with E-state index in [4.69, 9.17) is 4.52 Å². The van der Waals surface area contributed by atoms with Gasteiger partial charge in [0.15, 0.2) is 5.82 Å². The number of rotatable bonds is 5. The molecular weight excluding hydrogens is 366 g/mol. The summed E-state index contributed by atoms with van der Waals surface area (Å²) in [6, 6.07) is 8.87. The summed E-state index contributed by atoms with van der Waals surface area (Å²) >= 11 is 1.44. The third kappa shape index (κ3) is 3.10. The maximum absolute atomic E-state index is 12.7. The number of thiophene rings is 1. The first kappa shape index (κ1) is 15.8. The number of benzene rings is 1. The third-order valence-electron chi connectivity index (χ3n) is 4.21. The van der Waals surface area contributed by atoms with Crippen molar-refractivity contribution in [1.29, 1.82) is 0 Å². The fraction of sp³-hybridized carbons (Fsp3) is 0.176. The van der Waals surface area contributed by atoms with Gasteiger partial charge in [0.1, 0.15) is 11.2 Å². The number of carbonyl (C=O) groups excluding carboxylic acids is 1. The van der Waals surface area contributed by atoms with Crippen LogP contribution in [0.4, 0.5) is 5.69 Å². The number of tetrazole rings is 1. The molecule has 1 aromatic carbocycles. The zero-order valence-electron chi connectivity index (χ0n) is 13.9. The van der Waals surface area contributed by atoms with Crippen molar-refractivity contribution in [3.05, 3.63) is 53.4 Å². The zero-order chi connectivity index (χ0) is 18.2. The molecule has 1 fully saturated rings. The van der Waals surface area contributed by atoms with E-state index in [1.807, 2.05) is 17.5 Å². The van der Waals surface area contributed by atoms with Crippen LogP contribution in [0.3, 0.4) is 0 Å². The highest BCUT2D eigenvalue weighted by Gasteiger charge is 2.29. The van der Waals surface area contributed by atoms with E-state index in [9.17, 15) is 4.79 Å². The lowest BCUT2D eigenvalue weighted by Gasteiger charge is -2.06.